The molecule has 0 bridgehead atoms. The quantitative estimate of drug-likeness (QED) is 0.796. The zero-order chi connectivity index (χ0) is 12.4. The molecule has 0 aliphatic carbocycles. The van der Waals surface area contributed by atoms with E-state index in [4.69, 9.17) is 9.84 Å². The third kappa shape index (κ3) is 2.38. The number of carbonyl (C=O) groups excluding carboxylic acids is 1. The number of hydrogen-bond donors (Lipinski definition) is 2. The molecule has 1 aromatic rings. The molecule has 0 aromatic heterocycles. The van der Waals surface area contributed by atoms with Crippen LogP contribution in [0.15, 0.2) is 18.2 Å². The van der Waals surface area contributed by atoms with Gasteiger partial charge in [0.15, 0.2) is 0 Å². The Kier molecular flexibility index (Phi) is 2.99. The molecule has 0 radical (unpaired) electrons. The van der Waals surface area contributed by atoms with E-state index in [0.717, 1.165) is 5.56 Å². The molecule has 1 aliphatic heterocycles. The van der Waals surface area contributed by atoms with Gasteiger partial charge in [-0.1, -0.05) is 12.1 Å². The standard InChI is InChI=1S/C12H13NO4/c1-7(14)13-9-5-8-3-2-4-10(12(15)16)11(8)17-6-9/h2-4,9H,5-6H2,1H3,(H,13,14)(H,15,16). The summed E-state index contributed by atoms with van der Waals surface area (Å²) in [6.07, 6.45) is 0.593. The normalized spacial score (nSPS) is 17.8. The largest absolute Gasteiger partial charge is 0.490 e. The maximum Gasteiger partial charge on any atom is 0.339 e. The van der Waals surface area contributed by atoms with E-state index in [1.54, 1.807) is 6.07 Å². The Labute approximate surface area is 98.4 Å². The molecular formula is C12H13NO4. The first-order valence-corrected chi connectivity index (χ1v) is 5.33. The fourth-order valence-corrected chi connectivity index (χ4v) is 1.97. The average Bonchev–Trinajstić information content (AvgIpc) is 2.26. The number of rotatable bonds is 2. The number of para-hydroxylation sites is 1. The van der Waals surface area contributed by atoms with E-state index in [1.165, 1.54) is 13.0 Å². The van der Waals surface area contributed by atoms with Crippen LogP contribution in [-0.2, 0) is 11.2 Å². The number of carboxylic acids is 1. The van der Waals surface area contributed by atoms with E-state index in [1.807, 2.05) is 6.07 Å². The molecule has 0 fully saturated rings. The molecule has 5 nitrogen and oxygen atoms in total. The third-order valence-corrected chi connectivity index (χ3v) is 2.63. The van der Waals surface area contributed by atoms with Crippen molar-refractivity contribution in [3.63, 3.8) is 0 Å². The minimum absolute atomic E-state index is 0.0935. The first-order valence-electron chi connectivity index (χ1n) is 5.33. The first-order chi connectivity index (χ1) is 8.08. The van der Waals surface area contributed by atoms with Crippen molar-refractivity contribution in [1.29, 1.82) is 0 Å². The average molecular weight is 235 g/mol. The molecule has 1 aliphatic rings. The van der Waals surface area contributed by atoms with Gasteiger partial charge in [0.2, 0.25) is 5.91 Å². The lowest BCUT2D eigenvalue weighted by Crippen LogP contribution is -2.41. The molecule has 2 N–H and O–H groups in total. The summed E-state index contributed by atoms with van der Waals surface area (Å²) in [6, 6.07) is 4.92. The summed E-state index contributed by atoms with van der Waals surface area (Å²) >= 11 is 0. The highest BCUT2D eigenvalue weighted by molar-refractivity contribution is 5.91. The summed E-state index contributed by atoms with van der Waals surface area (Å²) in [4.78, 5) is 21.9. The van der Waals surface area contributed by atoms with Crippen LogP contribution in [0.3, 0.4) is 0 Å². The van der Waals surface area contributed by atoms with E-state index in [-0.39, 0.29) is 17.5 Å². The van der Waals surface area contributed by atoms with Crippen LogP contribution in [0.5, 0.6) is 5.75 Å². The van der Waals surface area contributed by atoms with Gasteiger partial charge in [0.25, 0.3) is 0 Å². The smallest absolute Gasteiger partial charge is 0.339 e. The molecule has 1 atom stereocenters. The summed E-state index contributed by atoms with van der Waals surface area (Å²) in [5, 5.41) is 11.8. The molecule has 0 saturated carbocycles. The molecule has 1 unspecified atom stereocenters. The predicted molar refractivity (Wildman–Crippen MR) is 60.2 cm³/mol. The number of aromatic carboxylic acids is 1. The van der Waals surface area contributed by atoms with Crippen LogP contribution in [0.4, 0.5) is 0 Å². The Balaban J connectivity index is 2.25. The van der Waals surface area contributed by atoms with E-state index < -0.39 is 5.97 Å². The summed E-state index contributed by atoms with van der Waals surface area (Å²) in [5.41, 5.74) is 0.985. The van der Waals surface area contributed by atoms with Crippen molar-refractivity contribution in [1.82, 2.24) is 5.32 Å². The lowest BCUT2D eigenvalue weighted by molar-refractivity contribution is -0.119. The molecule has 1 aromatic carbocycles. The van der Waals surface area contributed by atoms with Gasteiger partial charge in [-0.25, -0.2) is 4.79 Å². The fourth-order valence-electron chi connectivity index (χ4n) is 1.97. The Hall–Kier alpha value is -2.04. The Morgan fingerprint density at radius 2 is 2.24 bits per heavy atom. The third-order valence-electron chi connectivity index (χ3n) is 2.63. The molecule has 5 heteroatoms. The molecule has 0 spiro atoms. The Morgan fingerprint density at radius 1 is 1.47 bits per heavy atom. The molecule has 1 amide bonds. The molecule has 2 rings (SSSR count). The minimum atomic E-state index is -1.00. The maximum atomic E-state index is 11.0. The number of carbonyl (C=O) groups is 2. The van der Waals surface area contributed by atoms with Crippen molar-refractivity contribution in [2.75, 3.05) is 6.61 Å². The van der Waals surface area contributed by atoms with Crippen LogP contribution in [0.25, 0.3) is 0 Å². The highest BCUT2D eigenvalue weighted by Gasteiger charge is 2.24. The summed E-state index contributed by atoms with van der Waals surface area (Å²) in [7, 11) is 0. The maximum absolute atomic E-state index is 11.0. The number of nitrogens with one attached hydrogen (secondary N) is 1. The van der Waals surface area contributed by atoms with E-state index in [9.17, 15) is 9.59 Å². The van der Waals surface area contributed by atoms with Gasteiger partial charge in [0.1, 0.15) is 17.9 Å². The van der Waals surface area contributed by atoms with Crippen molar-refractivity contribution < 1.29 is 19.4 Å². The summed E-state index contributed by atoms with van der Waals surface area (Å²) in [5.74, 6) is -0.696. The van der Waals surface area contributed by atoms with Crippen molar-refractivity contribution in [2.24, 2.45) is 0 Å². The summed E-state index contributed by atoms with van der Waals surface area (Å²) in [6.45, 7) is 1.75. The molecular weight excluding hydrogens is 222 g/mol. The second-order valence-electron chi connectivity index (χ2n) is 4.01. The fraction of sp³-hybridized carbons (Fsp3) is 0.333. The van der Waals surface area contributed by atoms with Crippen molar-refractivity contribution in [3.05, 3.63) is 29.3 Å². The number of hydrogen-bond acceptors (Lipinski definition) is 3. The van der Waals surface area contributed by atoms with Crippen molar-refractivity contribution in [2.45, 2.75) is 19.4 Å². The zero-order valence-corrected chi connectivity index (χ0v) is 9.40. The first kappa shape index (κ1) is 11.4. The van der Waals surface area contributed by atoms with Gasteiger partial charge < -0.3 is 15.2 Å². The van der Waals surface area contributed by atoms with Crippen LogP contribution < -0.4 is 10.1 Å². The molecule has 0 saturated heterocycles. The number of benzene rings is 1. The second kappa shape index (κ2) is 4.45. The SMILES string of the molecule is CC(=O)NC1COc2c(cccc2C(=O)O)C1. The van der Waals surface area contributed by atoms with E-state index in [0.29, 0.717) is 18.8 Å². The number of carboxylic acid groups (broad SMARTS) is 1. The lowest BCUT2D eigenvalue weighted by Gasteiger charge is -2.26. The Morgan fingerprint density at radius 3 is 2.88 bits per heavy atom. The lowest BCUT2D eigenvalue weighted by atomic mass is 9.99. The minimum Gasteiger partial charge on any atom is -0.490 e. The monoisotopic (exact) mass is 235 g/mol. The zero-order valence-electron chi connectivity index (χ0n) is 9.40. The van der Waals surface area contributed by atoms with Gasteiger partial charge in [-0.05, 0) is 18.1 Å². The van der Waals surface area contributed by atoms with Crippen LogP contribution in [0.1, 0.15) is 22.8 Å². The van der Waals surface area contributed by atoms with Gasteiger partial charge in [0.05, 0.1) is 6.04 Å². The van der Waals surface area contributed by atoms with Crippen molar-refractivity contribution in [3.8, 4) is 5.75 Å². The highest BCUT2D eigenvalue weighted by atomic mass is 16.5. The second-order valence-corrected chi connectivity index (χ2v) is 4.01. The topological polar surface area (TPSA) is 75.6 Å². The molecule has 17 heavy (non-hydrogen) atoms. The van der Waals surface area contributed by atoms with Crippen LogP contribution in [0, 0.1) is 0 Å². The molecule has 1 heterocycles. The predicted octanol–water partition coefficient (Wildman–Crippen LogP) is 0.824. The number of ether oxygens (including phenoxy) is 1. The van der Waals surface area contributed by atoms with E-state index in [2.05, 4.69) is 5.32 Å². The van der Waals surface area contributed by atoms with Gasteiger partial charge in [-0.15, -0.1) is 0 Å². The number of fused-ring (bicyclic) bond motifs is 1. The summed E-state index contributed by atoms with van der Waals surface area (Å²) < 4.78 is 5.43. The molecule has 90 valence electrons. The van der Waals surface area contributed by atoms with Crippen LogP contribution >= 0.6 is 0 Å². The van der Waals surface area contributed by atoms with Gasteiger partial charge in [-0.2, -0.15) is 0 Å². The Bertz CT molecular complexity index is 470. The van der Waals surface area contributed by atoms with Crippen LogP contribution in [0.2, 0.25) is 0 Å². The van der Waals surface area contributed by atoms with Crippen molar-refractivity contribution >= 4 is 11.9 Å². The van der Waals surface area contributed by atoms with Gasteiger partial charge in [-0.3, -0.25) is 4.79 Å². The van der Waals surface area contributed by atoms with Gasteiger partial charge in [0, 0.05) is 6.92 Å². The highest BCUT2D eigenvalue weighted by Crippen LogP contribution is 2.28. The van der Waals surface area contributed by atoms with E-state index >= 15 is 0 Å². The number of amides is 1. The van der Waals surface area contributed by atoms with Gasteiger partial charge >= 0.3 is 5.97 Å². The van der Waals surface area contributed by atoms with Crippen LogP contribution in [-0.4, -0.2) is 29.6 Å².